The number of carboxylic acid groups (broad SMARTS) is 1. The highest BCUT2D eigenvalue weighted by molar-refractivity contribution is 5.67. The summed E-state index contributed by atoms with van der Waals surface area (Å²) < 4.78 is 11.0. The number of carbonyl (C=O) groups is 3. The molecule has 0 heterocycles. The fraction of sp³-hybridized carbons (Fsp3) is 0.741. The van der Waals surface area contributed by atoms with E-state index >= 15 is 0 Å². The lowest BCUT2D eigenvalue weighted by molar-refractivity contribution is -0.149. The molecule has 34 heavy (non-hydrogen) atoms. The number of hydrogen-bond acceptors (Lipinski definition) is 6. The van der Waals surface area contributed by atoms with Crippen molar-refractivity contribution < 1.29 is 34.1 Å². The molecule has 1 saturated carbocycles. The summed E-state index contributed by atoms with van der Waals surface area (Å²) in [4.78, 5) is 33.9. The van der Waals surface area contributed by atoms with E-state index in [-0.39, 0.29) is 54.2 Å². The molecule has 1 fully saturated rings. The molecule has 7 nitrogen and oxygen atoms in total. The molecular formula is C27H44O7. The van der Waals surface area contributed by atoms with Crippen LogP contribution in [-0.4, -0.2) is 46.9 Å². The predicted octanol–water partition coefficient (Wildman–Crippen LogP) is 5.07. The van der Waals surface area contributed by atoms with Gasteiger partial charge in [-0.25, -0.2) is 0 Å². The van der Waals surface area contributed by atoms with Crippen LogP contribution in [0.25, 0.3) is 0 Å². The van der Waals surface area contributed by atoms with E-state index in [4.69, 9.17) is 14.6 Å². The van der Waals surface area contributed by atoms with Crippen molar-refractivity contribution in [3.8, 4) is 0 Å². The molecule has 0 radical (unpaired) electrons. The number of aliphatic carboxylic acids is 1. The minimum Gasteiger partial charge on any atom is -0.481 e. The number of aliphatic hydroxyl groups is 1. The molecule has 7 heteroatoms. The first-order valence-electron chi connectivity index (χ1n) is 12.5. The summed E-state index contributed by atoms with van der Waals surface area (Å²) in [7, 11) is 0. The van der Waals surface area contributed by atoms with Gasteiger partial charge in [-0.05, 0) is 43.4 Å². The van der Waals surface area contributed by atoms with E-state index in [1.807, 2.05) is 24.3 Å². The molecule has 0 bridgehead atoms. The molecule has 2 unspecified atom stereocenters. The quantitative estimate of drug-likeness (QED) is 0.191. The highest BCUT2D eigenvalue weighted by atomic mass is 16.5. The summed E-state index contributed by atoms with van der Waals surface area (Å²) in [6.07, 6.45) is 12.5. The second-order valence-corrected chi connectivity index (χ2v) is 10.1. The number of unbranched alkanes of at least 4 members (excludes halogenated alkanes) is 2. The van der Waals surface area contributed by atoms with Crippen LogP contribution in [0.5, 0.6) is 0 Å². The molecule has 0 aliphatic heterocycles. The van der Waals surface area contributed by atoms with Crippen molar-refractivity contribution in [1.29, 1.82) is 0 Å². The third-order valence-corrected chi connectivity index (χ3v) is 6.70. The molecule has 0 aromatic heterocycles. The molecule has 0 aromatic carbocycles. The molecule has 0 saturated heterocycles. The first-order valence-corrected chi connectivity index (χ1v) is 12.5. The van der Waals surface area contributed by atoms with Crippen molar-refractivity contribution in [2.45, 2.75) is 98.2 Å². The van der Waals surface area contributed by atoms with E-state index in [1.165, 1.54) is 13.8 Å². The molecule has 1 aliphatic carbocycles. The van der Waals surface area contributed by atoms with Crippen molar-refractivity contribution in [2.75, 3.05) is 6.61 Å². The molecule has 1 aliphatic rings. The molecule has 194 valence electrons. The summed E-state index contributed by atoms with van der Waals surface area (Å²) in [5.41, 5.74) is -0.259. The summed E-state index contributed by atoms with van der Waals surface area (Å²) >= 11 is 0. The van der Waals surface area contributed by atoms with Crippen LogP contribution in [0.1, 0.15) is 86.0 Å². The number of allylic oxidation sites excluding steroid dienone is 3. The van der Waals surface area contributed by atoms with Crippen LogP contribution in [0, 0.1) is 23.2 Å². The summed E-state index contributed by atoms with van der Waals surface area (Å²) in [6.45, 7) is 9.24. The molecular weight excluding hydrogens is 436 g/mol. The van der Waals surface area contributed by atoms with Crippen molar-refractivity contribution in [3.63, 3.8) is 0 Å². The summed E-state index contributed by atoms with van der Waals surface area (Å²) in [5, 5.41) is 19.7. The lowest BCUT2D eigenvalue weighted by atomic mass is 9.80. The summed E-state index contributed by atoms with van der Waals surface area (Å²) in [6, 6.07) is 0. The van der Waals surface area contributed by atoms with Gasteiger partial charge in [-0.1, -0.05) is 57.9 Å². The number of ether oxygens (including phenoxy) is 2. The highest BCUT2D eigenvalue weighted by Gasteiger charge is 2.43. The number of carboxylic acids is 1. The van der Waals surface area contributed by atoms with Crippen LogP contribution < -0.4 is 0 Å². The Kier molecular flexibility index (Phi) is 13.2. The molecule has 1 rings (SSSR count). The normalized spacial score (nSPS) is 23.9. The summed E-state index contributed by atoms with van der Waals surface area (Å²) in [5.74, 6) is -1.60. The lowest BCUT2D eigenvalue weighted by Gasteiger charge is -2.29. The topological polar surface area (TPSA) is 110 Å². The van der Waals surface area contributed by atoms with Crippen molar-refractivity contribution in [3.05, 3.63) is 24.3 Å². The van der Waals surface area contributed by atoms with Crippen molar-refractivity contribution in [2.24, 2.45) is 23.2 Å². The fourth-order valence-electron chi connectivity index (χ4n) is 4.61. The fourth-order valence-corrected chi connectivity index (χ4v) is 4.61. The molecule has 0 amide bonds. The van der Waals surface area contributed by atoms with Gasteiger partial charge in [0.05, 0.1) is 12.7 Å². The van der Waals surface area contributed by atoms with Gasteiger partial charge < -0.3 is 19.7 Å². The van der Waals surface area contributed by atoms with E-state index < -0.39 is 12.1 Å². The number of rotatable bonds is 15. The maximum atomic E-state index is 11.8. The lowest BCUT2D eigenvalue weighted by Crippen LogP contribution is -2.28. The van der Waals surface area contributed by atoms with Gasteiger partial charge in [0.15, 0.2) is 0 Å². The SMILES string of the molecule is CCCCC(C)(C)C(O)/C=C/[C@H]1[C@H](COC(C)=O)CC(OC(C)=O)[C@@H]1C/C=C\CCCC(=O)O. The second kappa shape index (κ2) is 15.0. The Hall–Kier alpha value is -2.15. The predicted molar refractivity (Wildman–Crippen MR) is 131 cm³/mol. The number of hydrogen-bond donors (Lipinski definition) is 2. The van der Waals surface area contributed by atoms with E-state index in [2.05, 4.69) is 20.8 Å². The van der Waals surface area contributed by atoms with E-state index in [1.54, 1.807) is 0 Å². The van der Waals surface area contributed by atoms with Gasteiger partial charge in [-0.3, -0.25) is 14.4 Å². The smallest absolute Gasteiger partial charge is 0.303 e. The molecule has 0 spiro atoms. The molecule has 2 N–H and O–H groups in total. The van der Waals surface area contributed by atoms with Crippen LogP contribution in [0.3, 0.4) is 0 Å². The average molecular weight is 481 g/mol. The first kappa shape index (κ1) is 29.9. The third kappa shape index (κ3) is 10.9. The number of carbonyl (C=O) groups excluding carboxylic acids is 2. The van der Waals surface area contributed by atoms with Crippen LogP contribution in [0.2, 0.25) is 0 Å². The Morgan fingerprint density at radius 2 is 1.82 bits per heavy atom. The molecule has 5 atom stereocenters. The zero-order valence-corrected chi connectivity index (χ0v) is 21.5. The van der Waals surface area contributed by atoms with Gasteiger partial charge in [0.25, 0.3) is 0 Å². The van der Waals surface area contributed by atoms with Crippen LogP contribution in [0.4, 0.5) is 0 Å². The average Bonchev–Trinajstić information content (AvgIpc) is 3.06. The first-order chi connectivity index (χ1) is 16.0. The van der Waals surface area contributed by atoms with Gasteiger partial charge >= 0.3 is 17.9 Å². The van der Waals surface area contributed by atoms with E-state index in [0.717, 1.165) is 19.3 Å². The second-order valence-electron chi connectivity index (χ2n) is 10.1. The minimum atomic E-state index is -0.807. The number of aliphatic hydroxyl groups excluding tert-OH is 1. The maximum absolute atomic E-state index is 11.8. The Labute approximate surface area is 204 Å². The van der Waals surface area contributed by atoms with Crippen LogP contribution in [-0.2, 0) is 23.9 Å². The van der Waals surface area contributed by atoms with Gasteiger partial charge in [0.1, 0.15) is 6.10 Å². The minimum absolute atomic E-state index is 0.0256. The van der Waals surface area contributed by atoms with Gasteiger partial charge in [0.2, 0.25) is 0 Å². The van der Waals surface area contributed by atoms with Gasteiger partial charge in [0, 0.05) is 32.1 Å². The third-order valence-electron chi connectivity index (χ3n) is 6.70. The van der Waals surface area contributed by atoms with Gasteiger partial charge in [-0.2, -0.15) is 0 Å². The highest BCUT2D eigenvalue weighted by Crippen LogP contribution is 2.43. The monoisotopic (exact) mass is 480 g/mol. The van der Waals surface area contributed by atoms with Crippen LogP contribution in [0.15, 0.2) is 24.3 Å². The maximum Gasteiger partial charge on any atom is 0.303 e. The number of esters is 2. The Morgan fingerprint density at radius 1 is 1.12 bits per heavy atom. The largest absolute Gasteiger partial charge is 0.481 e. The zero-order valence-electron chi connectivity index (χ0n) is 21.5. The van der Waals surface area contributed by atoms with E-state index in [0.29, 0.717) is 25.7 Å². The molecule has 0 aromatic rings. The zero-order chi connectivity index (χ0) is 25.7. The van der Waals surface area contributed by atoms with Crippen LogP contribution >= 0.6 is 0 Å². The van der Waals surface area contributed by atoms with Gasteiger partial charge in [-0.15, -0.1) is 0 Å². The van der Waals surface area contributed by atoms with Crippen molar-refractivity contribution in [1.82, 2.24) is 0 Å². The Bertz CT molecular complexity index is 710. The standard InChI is InChI=1S/C27H44O7/c1-6-7-16-27(4,5)25(30)15-14-22-21(18-33-19(2)28)17-24(34-20(3)29)23(22)12-10-8-9-11-13-26(31)32/h8,10,14-15,21-25,30H,6-7,9,11-13,16-18H2,1-5H3,(H,31,32)/b10-8-,15-14+/t21-,22-,23+,24?,25?/m0/s1. The Morgan fingerprint density at radius 3 is 2.41 bits per heavy atom. The Balaban J connectivity index is 3.05. The van der Waals surface area contributed by atoms with E-state index in [9.17, 15) is 19.5 Å². The van der Waals surface area contributed by atoms with Crippen molar-refractivity contribution >= 4 is 17.9 Å².